The summed E-state index contributed by atoms with van der Waals surface area (Å²) in [6, 6.07) is 22.5. The minimum absolute atomic E-state index is 0.554. The summed E-state index contributed by atoms with van der Waals surface area (Å²) in [4.78, 5) is 0. The van der Waals surface area contributed by atoms with Crippen LogP contribution in [-0.2, 0) is 0 Å². The van der Waals surface area contributed by atoms with E-state index in [0.717, 1.165) is 0 Å². The minimum Gasteiger partial charge on any atom is -0.0614 e. The van der Waals surface area contributed by atoms with Gasteiger partial charge < -0.3 is 0 Å². The summed E-state index contributed by atoms with van der Waals surface area (Å²) < 4.78 is 0. The number of hydrogen-bond donors (Lipinski definition) is 0. The fourth-order valence-corrected chi connectivity index (χ4v) is 2.91. The van der Waals surface area contributed by atoms with Crippen molar-refractivity contribution in [1.82, 2.24) is 0 Å². The molecule has 1 aromatic rings. The van der Waals surface area contributed by atoms with Crippen LogP contribution in [0.2, 0.25) is 0 Å². The van der Waals surface area contributed by atoms with E-state index < -0.39 is 0 Å². The summed E-state index contributed by atoms with van der Waals surface area (Å²) in [7, 11) is 0. The Hall–Kier alpha value is -2.08. The van der Waals surface area contributed by atoms with Gasteiger partial charge in [-0.25, -0.2) is 0 Å². The molecule has 0 atom stereocenters. The lowest BCUT2D eigenvalue weighted by atomic mass is 9.98. The summed E-state index contributed by atoms with van der Waals surface area (Å²) in [5.74, 6) is 1.12. The molecule has 2 aliphatic carbocycles. The molecule has 0 heteroatoms. The molecule has 0 amide bonds. The summed E-state index contributed by atoms with van der Waals surface area (Å²) in [5, 5.41) is 0. The van der Waals surface area contributed by atoms with Gasteiger partial charge in [0.15, 0.2) is 0 Å². The van der Waals surface area contributed by atoms with Crippen LogP contribution in [0.15, 0.2) is 60.7 Å². The van der Waals surface area contributed by atoms with Gasteiger partial charge in [0.2, 0.25) is 0 Å². The van der Waals surface area contributed by atoms with Crippen molar-refractivity contribution in [3.63, 3.8) is 0 Å². The zero-order valence-electron chi connectivity index (χ0n) is 13.9. The normalized spacial score (nSPS) is 11.5. The minimum atomic E-state index is 0.554. The maximum atomic E-state index is 2.33. The van der Waals surface area contributed by atoms with Crippen LogP contribution in [0, 0.1) is 0 Å². The van der Waals surface area contributed by atoms with Crippen LogP contribution in [-0.4, -0.2) is 0 Å². The Morgan fingerprint density at radius 1 is 0.500 bits per heavy atom. The predicted molar refractivity (Wildman–Crippen MR) is 96.7 cm³/mol. The second-order valence-corrected chi connectivity index (χ2v) is 6.76. The summed E-state index contributed by atoms with van der Waals surface area (Å²) in [6.45, 7) is 8.99. The molecule has 112 valence electrons. The lowest BCUT2D eigenvalue weighted by Gasteiger charge is -2.07. The van der Waals surface area contributed by atoms with E-state index in [1.54, 1.807) is 0 Å². The van der Waals surface area contributed by atoms with Crippen LogP contribution in [0.5, 0.6) is 0 Å². The van der Waals surface area contributed by atoms with Gasteiger partial charge in [0.1, 0.15) is 0 Å². The standard InChI is InChI=1S/C22H24/c1-15(2)17-7-5-9-19(11-17)22-13-20-10-6-8-18(16(3)4)12-21(20)14-22/h5-16H,1-4H3. The maximum Gasteiger partial charge on any atom is -0.0172 e. The van der Waals surface area contributed by atoms with E-state index in [-0.39, 0.29) is 0 Å². The van der Waals surface area contributed by atoms with E-state index in [4.69, 9.17) is 0 Å². The lowest BCUT2D eigenvalue weighted by molar-refractivity contribution is 0.867. The molecule has 0 nitrogen and oxygen atoms in total. The van der Waals surface area contributed by atoms with Crippen molar-refractivity contribution in [2.45, 2.75) is 39.5 Å². The van der Waals surface area contributed by atoms with Crippen LogP contribution < -0.4 is 0 Å². The molecule has 0 aliphatic heterocycles. The highest BCUT2D eigenvalue weighted by Gasteiger charge is 2.10. The summed E-state index contributed by atoms with van der Waals surface area (Å²) in [5.41, 5.74) is 8.07. The quantitative estimate of drug-likeness (QED) is 0.502. The number of hydrogen-bond acceptors (Lipinski definition) is 0. The third-order valence-electron chi connectivity index (χ3n) is 4.40. The monoisotopic (exact) mass is 288 g/mol. The van der Waals surface area contributed by atoms with Gasteiger partial charge in [-0.3, -0.25) is 0 Å². The molecule has 0 saturated carbocycles. The molecule has 0 radical (unpaired) electrons. The SMILES string of the molecule is CC(C)c1cccc(-c2cc3cccc(C(C)C)cc-3c2)c1. The average molecular weight is 288 g/mol. The number of rotatable bonds is 3. The Balaban J connectivity index is 2.09. The Morgan fingerprint density at radius 3 is 1.45 bits per heavy atom. The van der Waals surface area contributed by atoms with Crippen molar-refractivity contribution in [3.8, 4) is 22.3 Å². The first-order valence-corrected chi connectivity index (χ1v) is 8.18. The molecule has 22 heavy (non-hydrogen) atoms. The van der Waals surface area contributed by atoms with Gasteiger partial charge in [-0.05, 0) is 57.3 Å². The highest BCUT2D eigenvalue weighted by molar-refractivity contribution is 5.80. The van der Waals surface area contributed by atoms with E-state index in [1.807, 2.05) is 0 Å². The van der Waals surface area contributed by atoms with Crippen LogP contribution in [0.3, 0.4) is 0 Å². The van der Waals surface area contributed by atoms with Gasteiger partial charge in [0.05, 0.1) is 0 Å². The van der Waals surface area contributed by atoms with Crippen molar-refractivity contribution < 1.29 is 0 Å². The topological polar surface area (TPSA) is 0 Å². The molecule has 0 aromatic heterocycles. The average Bonchev–Trinajstić information content (AvgIpc) is 2.79. The Kier molecular flexibility index (Phi) is 4.02. The molecule has 2 aliphatic rings. The van der Waals surface area contributed by atoms with E-state index in [9.17, 15) is 0 Å². The summed E-state index contributed by atoms with van der Waals surface area (Å²) >= 11 is 0. The molecule has 0 fully saturated rings. The predicted octanol–water partition coefficient (Wildman–Crippen LogP) is 6.71. The zero-order chi connectivity index (χ0) is 15.7. The molecule has 0 spiro atoms. The van der Waals surface area contributed by atoms with Crippen LogP contribution in [0.25, 0.3) is 22.3 Å². The molecular weight excluding hydrogens is 264 g/mol. The zero-order valence-corrected chi connectivity index (χ0v) is 13.9. The Morgan fingerprint density at radius 2 is 0.909 bits per heavy atom. The first-order chi connectivity index (χ1) is 10.5. The molecular formula is C22H24. The van der Waals surface area contributed by atoms with Crippen molar-refractivity contribution >= 4 is 0 Å². The first-order valence-electron chi connectivity index (χ1n) is 8.18. The van der Waals surface area contributed by atoms with E-state index in [2.05, 4.69) is 88.4 Å². The van der Waals surface area contributed by atoms with Crippen molar-refractivity contribution in [2.24, 2.45) is 0 Å². The highest BCUT2D eigenvalue weighted by Crippen LogP contribution is 2.34. The van der Waals surface area contributed by atoms with E-state index in [1.165, 1.54) is 33.4 Å². The molecule has 1 aromatic carbocycles. The number of fused-ring (bicyclic) bond motifs is 1. The van der Waals surface area contributed by atoms with Crippen LogP contribution in [0.1, 0.15) is 50.7 Å². The number of benzene rings is 1. The first kappa shape index (κ1) is 14.8. The van der Waals surface area contributed by atoms with Gasteiger partial charge in [0.25, 0.3) is 0 Å². The van der Waals surface area contributed by atoms with E-state index in [0.29, 0.717) is 11.8 Å². The van der Waals surface area contributed by atoms with Crippen molar-refractivity contribution in [1.29, 1.82) is 0 Å². The molecule has 0 bridgehead atoms. The summed E-state index contributed by atoms with van der Waals surface area (Å²) in [6.07, 6.45) is 0. The van der Waals surface area contributed by atoms with Gasteiger partial charge in [-0.15, -0.1) is 0 Å². The second-order valence-electron chi connectivity index (χ2n) is 6.76. The van der Waals surface area contributed by atoms with Crippen molar-refractivity contribution in [3.05, 3.63) is 71.8 Å². The highest BCUT2D eigenvalue weighted by atomic mass is 14.1. The second kappa shape index (κ2) is 5.96. The van der Waals surface area contributed by atoms with Gasteiger partial charge in [0, 0.05) is 0 Å². The fraction of sp³-hybridized carbons (Fsp3) is 0.273. The Labute approximate surface area is 134 Å². The maximum absolute atomic E-state index is 2.33. The van der Waals surface area contributed by atoms with E-state index >= 15 is 0 Å². The molecule has 0 heterocycles. The molecule has 0 unspecified atom stereocenters. The fourth-order valence-electron chi connectivity index (χ4n) is 2.91. The van der Waals surface area contributed by atoms with Crippen LogP contribution >= 0.6 is 0 Å². The smallest absolute Gasteiger partial charge is 0.0172 e. The molecule has 3 rings (SSSR count). The third kappa shape index (κ3) is 2.92. The molecule has 0 saturated heterocycles. The lowest BCUT2D eigenvalue weighted by Crippen LogP contribution is -1.86. The van der Waals surface area contributed by atoms with Gasteiger partial charge in [-0.1, -0.05) is 76.2 Å². The van der Waals surface area contributed by atoms with Gasteiger partial charge >= 0.3 is 0 Å². The molecule has 0 N–H and O–H groups in total. The van der Waals surface area contributed by atoms with Crippen molar-refractivity contribution in [2.75, 3.05) is 0 Å². The largest absolute Gasteiger partial charge is 0.0614 e. The third-order valence-corrected chi connectivity index (χ3v) is 4.40. The Bertz CT molecular complexity index is 750. The van der Waals surface area contributed by atoms with Crippen LogP contribution in [0.4, 0.5) is 0 Å². The van der Waals surface area contributed by atoms with Gasteiger partial charge in [-0.2, -0.15) is 0 Å².